The maximum atomic E-state index is 4.96. The third-order valence-electron chi connectivity index (χ3n) is 22.0. The Kier molecular flexibility index (Phi) is 20.2. The Morgan fingerprint density at radius 2 is 0.504 bits per heavy atom. The molecule has 131 heavy (non-hydrogen) atoms. The fourth-order valence-electron chi connectivity index (χ4n) is 16.1. The molecule has 0 N–H and O–H groups in total. The summed E-state index contributed by atoms with van der Waals surface area (Å²) in [6, 6.07) is 96.4. The minimum Gasteiger partial charge on any atom is -0.435 e. The molecule has 629 valence electrons. The molecule has 19 heterocycles. The van der Waals surface area contributed by atoms with Gasteiger partial charge in [0.25, 0.3) is 0 Å². The number of pyridine rings is 4. The third kappa shape index (κ3) is 14.4. The van der Waals surface area contributed by atoms with Crippen molar-refractivity contribution < 1.29 is 59.2 Å². The van der Waals surface area contributed by atoms with Crippen molar-refractivity contribution in [2.45, 2.75) is 0 Å². The summed E-state index contributed by atoms with van der Waals surface area (Å²) >= 11 is 0. The number of fused-ring (bicyclic) bond motifs is 48. The Hall–Kier alpha value is -16.9. The van der Waals surface area contributed by atoms with E-state index in [4.69, 9.17) is 125 Å². The van der Waals surface area contributed by atoms with Gasteiger partial charge in [-0.3, -0.25) is 36.7 Å². The van der Waals surface area contributed by atoms with Crippen LogP contribution >= 0.6 is 0 Å². The molecule has 31 nitrogen and oxygen atoms in total. The van der Waals surface area contributed by atoms with E-state index in [-0.39, 0.29) is 70.8 Å². The standard InChI is InChI=1S/C36H22N12.C31H17N9.C30H16N10.Cu.2Pt/c1-5-13-23(14-6-1)29-31-43-33(41-29)37-27-21-48(26-19-11-4-12-20-26)36(40-27)46-32-30(24-15-7-2-8-16-24)42-34(44-32)38-28-22-47(35(39-28)45-31)25-17-9-3-10-18-25;1-2-10-19-18(9-1)22-17-25-33-29(23-13-5-7-15-39(23)25)36-27-20-11-3-4-12-21(20)28(34-27)37-31-38-30(35-26(19)32-22)24-14-6-8-16-40(24)31;1-3-11-19-17(9-1)23-31-25(19)35-29-38-28(22-14-6-8-16-40(22)29)34-24-18-10-2-4-12-20(18)26(32-24)36-30-37-27(33-23)21-13-5-7-15-39(21)30;;;/h1-22H;1-17H;1-16H;;;/q3*-2;3*+2. The quantitative estimate of drug-likeness (QED) is 0.148. The molecule has 0 unspecified atom stereocenters. The molecule has 34 heteroatoms. The number of hydrogen-bond donors (Lipinski definition) is 0. The molecule has 24 bridgehead atoms. The molecule has 1 radical (unpaired) electrons. The van der Waals surface area contributed by atoms with E-state index in [1.54, 1.807) is 12.4 Å². The summed E-state index contributed by atoms with van der Waals surface area (Å²) in [4.78, 5) is 121. The van der Waals surface area contributed by atoms with Crippen LogP contribution in [-0.2, 0) is 59.2 Å². The number of rotatable bonds is 4. The number of nitrogens with zero attached hydrogens (tertiary/aromatic N) is 31. The Labute approximate surface area is 774 Å². The summed E-state index contributed by atoms with van der Waals surface area (Å²) < 4.78 is 11.4. The van der Waals surface area contributed by atoms with Gasteiger partial charge >= 0.3 is 59.2 Å². The summed E-state index contributed by atoms with van der Waals surface area (Å²) in [6.45, 7) is 0. The molecule has 0 fully saturated rings. The fourth-order valence-corrected chi connectivity index (χ4v) is 16.1. The van der Waals surface area contributed by atoms with Crippen LogP contribution in [0.2, 0.25) is 0 Å². The van der Waals surface area contributed by atoms with Gasteiger partial charge in [0.2, 0.25) is 0 Å². The molecular weight excluding hydrogens is 2050 g/mol. The molecule has 0 atom stereocenters. The summed E-state index contributed by atoms with van der Waals surface area (Å²) in [7, 11) is 0. The maximum Gasteiger partial charge on any atom is 2.00 e. The van der Waals surface area contributed by atoms with Gasteiger partial charge in [0.15, 0.2) is 28.9 Å². The van der Waals surface area contributed by atoms with Crippen LogP contribution in [0, 0.1) is 0 Å². The first-order chi connectivity index (χ1) is 63.3. The predicted molar refractivity (Wildman–Crippen MR) is 490 cm³/mol. The van der Waals surface area contributed by atoms with E-state index in [0.717, 1.165) is 93.2 Å². The van der Waals surface area contributed by atoms with E-state index in [0.29, 0.717) is 131 Å². The van der Waals surface area contributed by atoms with Crippen LogP contribution in [0.25, 0.3) is 235 Å². The van der Waals surface area contributed by atoms with Gasteiger partial charge in [-0.25, -0.2) is 29.9 Å². The van der Waals surface area contributed by atoms with Gasteiger partial charge in [0.05, 0.1) is 50.6 Å². The van der Waals surface area contributed by atoms with Gasteiger partial charge < -0.3 is 84.7 Å². The second kappa shape index (κ2) is 33.1. The predicted octanol–water partition coefficient (Wildman–Crippen LogP) is 16.7. The van der Waals surface area contributed by atoms with Crippen molar-refractivity contribution in [3.05, 3.63) is 334 Å². The molecule has 0 amide bonds. The number of aromatic nitrogens is 31. The van der Waals surface area contributed by atoms with E-state index in [9.17, 15) is 0 Å². The Morgan fingerprint density at radius 1 is 0.214 bits per heavy atom. The third-order valence-corrected chi connectivity index (χ3v) is 22.0. The first-order valence-corrected chi connectivity index (χ1v) is 40.7. The zero-order chi connectivity index (χ0) is 84.3. The van der Waals surface area contributed by atoms with Gasteiger partial charge in [0.1, 0.15) is 33.9 Å². The van der Waals surface area contributed by atoms with Gasteiger partial charge in [-0.2, -0.15) is 0 Å². The molecule has 27 aromatic rings. The second-order valence-corrected chi connectivity index (χ2v) is 29.8. The SMILES string of the molecule is [Cu+2].[Pt+2].[Pt+2].c1ccc(-c2nc3nc4cn(-c5ccccc5)c(n4)nc4[n-]c(nc4-c4ccccc4)nc4cn(-c5ccccc5)c(n4)nc2[n-]3)cc1.c1ccc2c3nc4nc(nc5[n-]c(nc6nc(cc([n-]3)c2c1)n1ccccc61)c1ccccc51)n1ccccc41.c1ccc2c3nc4nc(nc5[n-]c(nc6nc(nc([n-]3)c2c1)c1ccccn61)c1ccccc51)c1ccccn41. The van der Waals surface area contributed by atoms with Crippen LogP contribution in [0.4, 0.5) is 0 Å². The van der Waals surface area contributed by atoms with Crippen LogP contribution in [-0.4, -0.2) is 121 Å². The number of benzene rings is 8. The molecule has 8 aromatic carbocycles. The molecule has 0 spiro atoms. The van der Waals surface area contributed by atoms with E-state index in [1.165, 1.54) is 0 Å². The zero-order valence-corrected chi connectivity index (χ0v) is 73.0. The molecule has 0 aliphatic carbocycles. The van der Waals surface area contributed by atoms with Crippen molar-refractivity contribution in [1.29, 1.82) is 0 Å². The van der Waals surface area contributed by atoms with E-state index < -0.39 is 0 Å². The smallest absolute Gasteiger partial charge is 0.435 e. The Morgan fingerprint density at radius 3 is 0.878 bits per heavy atom. The molecule has 0 saturated heterocycles. The fraction of sp³-hybridized carbons (Fsp3) is 0. The molecule has 0 aliphatic heterocycles. The van der Waals surface area contributed by atoms with Crippen LogP contribution in [0.5, 0.6) is 0 Å². The average molecular weight is 2110 g/mol. The molecule has 0 aliphatic rings. The van der Waals surface area contributed by atoms with Crippen LogP contribution in [0.1, 0.15) is 0 Å². The van der Waals surface area contributed by atoms with Crippen molar-refractivity contribution in [2.24, 2.45) is 0 Å². The monoisotopic (exact) mass is 2110 g/mol. The topological polar surface area (TPSA) is 357 Å². The molecule has 19 aromatic heterocycles. The Bertz CT molecular complexity index is 7780. The maximum absolute atomic E-state index is 4.96. The molecular formula is C97H55CuN31Pt2. The minimum absolute atomic E-state index is 0. The van der Waals surface area contributed by atoms with Crippen molar-refractivity contribution in [2.75, 3.05) is 0 Å². The zero-order valence-electron chi connectivity index (χ0n) is 67.6. The number of imidazole rings is 8. The van der Waals surface area contributed by atoms with Crippen LogP contribution < -0.4 is 29.9 Å². The van der Waals surface area contributed by atoms with Gasteiger partial charge in [0, 0.05) is 93.8 Å². The van der Waals surface area contributed by atoms with Gasteiger partial charge in [-0.15, -0.1) is 0 Å². The van der Waals surface area contributed by atoms with E-state index in [2.05, 4.69) is 6.07 Å². The largest absolute Gasteiger partial charge is 2.00 e. The summed E-state index contributed by atoms with van der Waals surface area (Å²) in [5, 5.41) is 7.20. The average Bonchev–Trinajstić information content (AvgIpc) is 1.60. The van der Waals surface area contributed by atoms with Crippen molar-refractivity contribution >= 4 is 201 Å². The summed E-state index contributed by atoms with van der Waals surface area (Å²) in [5.41, 5.74) is 16.6. The van der Waals surface area contributed by atoms with Crippen molar-refractivity contribution in [3.8, 4) is 33.9 Å². The normalized spacial score (nSPS) is 11.5. The van der Waals surface area contributed by atoms with Crippen molar-refractivity contribution in [1.82, 2.24) is 151 Å². The summed E-state index contributed by atoms with van der Waals surface area (Å²) in [5.74, 6) is 2.52. The first kappa shape index (κ1) is 80.0. The number of para-hydroxylation sites is 2. The minimum atomic E-state index is 0. The van der Waals surface area contributed by atoms with Gasteiger partial charge in [-0.05, 0) is 144 Å². The van der Waals surface area contributed by atoms with Crippen LogP contribution in [0.3, 0.4) is 0 Å². The first-order valence-electron chi connectivity index (χ1n) is 40.7. The van der Waals surface area contributed by atoms with E-state index >= 15 is 0 Å². The molecule has 27 rings (SSSR count). The van der Waals surface area contributed by atoms with E-state index in [1.807, 2.05) is 343 Å². The second-order valence-electron chi connectivity index (χ2n) is 29.8. The molecule has 0 saturated carbocycles. The van der Waals surface area contributed by atoms with Crippen molar-refractivity contribution in [3.63, 3.8) is 0 Å². The van der Waals surface area contributed by atoms with Crippen LogP contribution in [0.15, 0.2) is 334 Å². The van der Waals surface area contributed by atoms with Gasteiger partial charge in [-0.1, -0.05) is 218 Å². The Balaban J connectivity index is 0.000000114. The summed E-state index contributed by atoms with van der Waals surface area (Å²) in [6.07, 6.45) is 11.3. The number of hydrogen-bond acceptors (Lipinski definition) is 19.